The van der Waals surface area contributed by atoms with E-state index in [2.05, 4.69) is 128 Å². The molecular weight excluding hydrogens is 462 g/mol. The summed E-state index contributed by atoms with van der Waals surface area (Å²) in [6.45, 7) is 4.65. The highest BCUT2D eigenvalue weighted by molar-refractivity contribution is 6.52. The molecule has 7 rings (SSSR count). The number of fused-ring (bicyclic) bond motifs is 3. The van der Waals surface area contributed by atoms with Crippen LogP contribution in [0.15, 0.2) is 131 Å². The fourth-order valence-electron chi connectivity index (χ4n) is 6.00. The number of amidine groups is 1. The largest absolute Gasteiger partial charge is 0.338 e. The molecule has 0 bridgehead atoms. The van der Waals surface area contributed by atoms with E-state index in [1.165, 1.54) is 33.4 Å². The molecule has 2 aliphatic carbocycles. The molecule has 1 spiro atoms. The SMILES string of the molecule is CC1(C)c2ccccc2-c2cc(NC3=N[C@@]4(C=CC=CC4)N=C3c3ccccc3)c(-c3ccccc3)cc21. The lowest BCUT2D eigenvalue weighted by Gasteiger charge is -2.23. The first kappa shape index (κ1) is 22.7. The van der Waals surface area contributed by atoms with E-state index in [-0.39, 0.29) is 5.41 Å². The van der Waals surface area contributed by atoms with Gasteiger partial charge in [0.25, 0.3) is 0 Å². The lowest BCUT2D eigenvalue weighted by molar-refractivity contribution is 0.576. The van der Waals surface area contributed by atoms with Crippen LogP contribution in [0.4, 0.5) is 5.69 Å². The van der Waals surface area contributed by atoms with Crippen molar-refractivity contribution in [2.24, 2.45) is 9.98 Å². The van der Waals surface area contributed by atoms with Crippen LogP contribution < -0.4 is 5.32 Å². The first-order valence-electron chi connectivity index (χ1n) is 13.2. The van der Waals surface area contributed by atoms with E-state index in [1.807, 2.05) is 12.1 Å². The zero-order chi connectivity index (χ0) is 25.7. The molecule has 0 aromatic heterocycles. The van der Waals surface area contributed by atoms with Crippen molar-refractivity contribution in [2.45, 2.75) is 31.3 Å². The van der Waals surface area contributed by atoms with Crippen LogP contribution in [0.5, 0.6) is 0 Å². The summed E-state index contributed by atoms with van der Waals surface area (Å²) in [5.41, 5.74) is 9.97. The van der Waals surface area contributed by atoms with E-state index >= 15 is 0 Å². The first-order chi connectivity index (χ1) is 18.5. The van der Waals surface area contributed by atoms with Gasteiger partial charge in [-0.15, -0.1) is 0 Å². The van der Waals surface area contributed by atoms with Gasteiger partial charge in [0.05, 0.1) is 0 Å². The number of nitrogens with one attached hydrogen (secondary N) is 1. The molecule has 3 heteroatoms. The molecule has 0 radical (unpaired) electrons. The summed E-state index contributed by atoms with van der Waals surface area (Å²) in [5, 5.41) is 3.78. The predicted octanol–water partition coefficient (Wildman–Crippen LogP) is 8.19. The third-order valence-corrected chi connectivity index (χ3v) is 7.97. The summed E-state index contributed by atoms with van der Waals surface area (Å²) < 4.78 is 0. The first-order valence-corrected chi connectivity index (χ1v) is 13.2. The second-order valence-corrected chi connectivity index (χ2v) is 10.8. The zero-order valence-electron chi connectivity index (χ0n) is 21.6. The molecule has 1 heterocycles. The van der Waals surface area contributed by atoms with Gasteiger partial charge in [-0.1, -0.05) is 117 Å². The Hall–Kier alpha value is -4.50. The maximum absolute atomic E-state index is 5.20. The summed E-state index contributed by atoms with van der Waals surface area (Å²) >= 11 is 0. The summed E-state index contributed by atoms with van der Waals surface area (Å²) in [6, 6.07) is 34.5. The average molecular weight is 492 g/mol. The van der Waals surface area contributed by atoms with Gasteiger partial charge < -0.3 is 5.32 Å². The van der Waals surface area contributed by atoms with E-state index < -0.39 is 5.66 Å². The van der Waals surface area contributed by atoms with Gasteiger partial charge in [0.15, 0.2) is 11.5 Å². The lowest BCUT2D eigenvalue weighted by Crippen LogP contribution is -2.22. The minimum Gasteiger partial charge on any atom is -0.338 e. The number of aliphatic imine (C=N–C) groups is 2. The molecule has 38 heavy (non-hydrogen) atoms. The Morgan fingerprint density at radius 3 is 2.11 bits per heavy atom. The molecule has 1 aliphatic heterocycles. The Balaban J connectivity index is 1.41. The standard InChI is InChI=1S/C35H29N3/c1-34(2)29-19-11-10-18-26(29)28-23-31(27(22-30(28)34)24-14-6-3-7-15-24)36-33-32(25-16-8-4-9-17-25)37-35(38-33)20-12-5-13-21-35/h3-20,22-23H,21H2,1-2H3,(H,36,38)/t35-/m1/s1. The minimum absolute atomic E-state index is 0.0706. The third kappa shape index (κ3) is 3.58. The van der Waals surface area contributed by atoms with Crippen LogP contribution in [0.2, 0.25) is 0 Å². The summed E-state index contributed by atoms with van der Waals surface area (Å²) in [5.74, 6) is 0.804. The van der Waals surface area contributed by atoms with Crippen molar-refractivity contribution in [3.05, 3.63) is 138 Å². The molecule has 0 amide bonds. The predicted molar refractivity (Wildman–Crippen MR) is 159 cm³/mol. The van der Waals surface area contributed by atoms with Crippen LogP contribution >= 0.6 is 0 Å². The van der Waals surface area contributed by atoms with Crippen LogP contribution in [0.3, 0.4) is 0 Å². The maximum Gasteiger partial charge on any atom is 0.175 e. The Kier molecular flexibility index (Phi) is 5.09. The van der Waals surface area contributed by atoms with Gasteiger partial charge in [0.1, 0.15) is 5.71 Å². The van der Waals surface area contributed by atoms with Crippen LogP contribution in [0.25, 0.3) is 22.3 Å². The number of hydrogen-bond donors (Lipinski definition) is 1. The maximum atomic E-state index is 5.20. The normalized spacial score (nSPS) is 20.2. The van der Waals surface area contributed by atoms with Crippen molar-refractivity contribution in [2.75, 3.05) is 5.32 Å². The number of benzene rings is 4. The van der Waals surface area contributed by atoms with E-state index in [1.54, 1.807) is 0 Å². The highest BCUT2D eigenvalue weighted by Gasteiger charge is 2.38. The number of hydrogen-bond acceptors (Lipinski definition) is 3. The van der Waals surface area contributed by atoms with Gasteiger partial charge in [-0.3, -0.25) is 0 Å². The van der Waals surface area contributed by atoms with Crippen molar-refractivity contribution in [1.82, 2.24) is 0 Å². The molecule has 0 fully saturated rings. The Morgan fingerprint density at radius 1 is 0.658 bits per heavy atom. The monoisotopic (exact) mass is 491 g/mol. The molecule has 1 atom stereocenters. The number of allylic oxidation sites excluding steroid dienone is 2. The van der Waals surface area contributed by atoms with E-state index in [4.69, 9.17) is 9.98 Å². The van der Waals surface area contributed by atoms with Gasteiger partial charge in [0, 0.05) is 28.7 Å². The van der Waals surface area contributed by atoms with Crippen LogP contribution in [0, 0.1) is 0 Å². The van der Waals surface area contributed by atoms with Crippen molar-refractivity contribution in [1.29, 1.82) is 0 Å². The smallest absolute Gasteiger partial charge is 0.175 e. The second kappa shape index (κ2) is 8.53. The van der Waals surface area contributed by atoms with Crippen LogP contribution in [-0.2, 0) is 5.41 Å². The van der Waals surface area contributed by atoms with Crippen molar-refractivity contribution >= 4 is 17.2 Å². The second-order valence-electron chi connectivity index (χ2n) is 10.8. The van der Waals surface area contributed by atoms with Crippen LogP contribution in [0.1, 0.15) is 37.0 Å². The topological polar surface area (TPSA) is 36.8 Å². The number of anilines is 1. The highest BCUT2D eigenvalue weighted by atomic mass is 15.2. The lowest BCUT2D eigenvalue weighted by atomic mass is 9.81. The molecule has 4 aromatic rings. The summed E-state index contributed by atoms with van der Waals surface area (Å²) in [4.78, 5) is 10.4. The molecule has 0 saturated carbocycles. The third-order valence-electron chi connectivity index (χ3n) is 7.97. The van der Waals surface area contributed by atoms with Crippen molar-refractivity contribution in [3.8, 4) is 22.3 Å². The van der Waals surface area contributed by atoms with Gasteiger partial charge in [-0.2, -0.15) is 0 Å². The highest BCUT2D eigenvalue weighted by Crippen LogP contribution is 2.51. The average Bonchev–Trinajstić information content (AvgIpc) is 3.41. The van der Waals surface area contributed by atoms with Gasteiger partial charge in [0.2, 0.25) is 0 Å². The van der Waals surface area contributed by atoms with E-state index in [9.17, 15) is 0 Å². The molecule has 0 unspecified atom stereocenters. The fraction of sp³-hybridized carbons (Fsp3) is 0.143. The Morgan fingerprint density at radius 2 is 1.37 bits per heavy atom. The van der Waals surface area contributed by atoms with Gasteiger partial charge in [-0.25, -0.2) is 9.98 Å². The molecule has 3 aliphatic rings. The van der Waals surface area contributed by atoms with Gasteiger partial charge in [-0.05, 0) is 46.0 Å². The number of rotatable bonds is 3. The van der Waals surface area contributed by atoms with E-state index in [0.29, 0.717) is 0 Å². The molecule has 4 aromatic carbocycles. The van der Waals surface area contributed by atoms with Gasteiger partial charge >= 0.3 is 0 Å². The Labute approximate surface area is 224 Å². The quantitative estimate of drug-likeness (QED) is 0.308. The summed E-state index contributed by atoms with van der Waals surface area (Å²) in [6.07, 6.45) is 9.11. The molecule has 0 saturated heterocycles. The molecule has 1 N–H and O–H groups in total. The molecule has 184 valence electrons. The zero-order valence-corrected chi connectivity index (χ0v) is 21.6. The fourth-order valence-corrected chi connectivity index (χ4v) is 6.00. The molecule has 3 nitrogen and oxygen atoms in total. The van der Waals surface area contributed by atoms with Crippen molar-refractivity contribution < 1.29 is 0 Å². The summed E-state index contributed by atoms with van der Waals surface area (Å²) in [7, 11) is 0. The Bertz CT molecular complexity index is 1670. The van der Waals surface area contributed by atoms with Crippen molar-refractivity contribution in [3.63, 3.8) is 0 Å². The van der Waals surface area contributed by atoms with E-state index in [0.717, 1.165) is 29.2 Å². The number of nitrogens with zero attached hydrogens (tertiary/aromatic N) is 2. The molecular formula is C35H29N3. The minimum atomic E-state index is -0.597. The van der Waals surface area contributed by atoms with Crippen LogP contribution in [-0.4, -0.2) is 17.2 Å².